The fourth-order valence-corrected chi connectivity index (χ4v) is 4.20. The van der Waals surface area contributed by atoms with Crippen LogP contribution in [-0.2, 0) is 9.84 Å². The van der Waals surface area contributed by atoms with Crippen LogP contribution in [0.25, 0.3) is 0 Å². The molecule has 0 aliphatic heterocycles. The Morgan fingerprint density at radius 3 is 1.58 bits per heavy atom. The van der Waals surface area contributed by atoms with Crippen molar-refractivity contribution in [2.75, 3.05) is 0 Å². The van der Waals surface area contributed by atoms with Gasteiger partial charge in [-0.15, -0.1) is 0 Å². The van der Waals surface area contributed by atoms with Crippen LogP contribution in [0.15, 0.2) is 47.9 Å². The number of allylic oxidation sites excluding steroid dienone is 4. The van der Waals surface area contributed by atoms with Crippen LogP contribution < -0.4 is 22.9 Å². The smallest absolute Gasteiger partial charge is 0.195 e. The van der Waals surface area contributed by atoms with E-state index < -0.39 is 19.6 Å². The van der Waals surface area contributed by atoms with Gasteiger partial charge in [-0.1, -0.05) is 12.2 Å². The minimum absolute atomic E-state index is 0.0161. The van der Waals surface area contributed by atoms with Gasteiger partial charge in [-0.3, -0.25) is 0 Å². The van der Waals surface area contributed by atoms with Crippen LogP contribution in [0.3, 0.4) is 0 Å². The van der Waals surface area contributed by atoms with Crippen LogP contribution in [0.5, 0.6) is 0 Å². The summed E-state index contributed by atoms with van der Waals surface area (Å²) in [4.78, 5) is -3.22. The summed E-state index contributed by atoms with van der Waals surface area (Å²) in [6, 6.07) is 0. The lowest BCUT2D eigenvalue weighted by Crippen LogP contribution is -2.61. The Labute approximate surface area is 112 Å². The lowest BCUT2D eigenvalue weighted by molar-refractivity contribution is 0.510. The zero-order chi connectivity index (χ0) is 14.3. The first-order valence-electron chi connectivity index (χ1n) is 5.80. The van der Waals surface area contributed by atoms with E-state index in [1.54, 1.807) is 12.2 Å². The Hall–Kier alpha value is -1.57. The van der Waals surface area contributed by atoms with E-state index in [1.807, 2.05) is 0 Å². The molecule has 19 heavy (non-hydrogen) atoms. The Bertz CT molecular complexity index is 570. The lowest BCUT2D eigenvalue weighted by atomic mass is 10.1. The highest BCUT2D eigenvalue weighted by Crippen LogP contribution is 2.35. The summed E-state index contributed by atoms with van der Waals surface area (Å²) in [7, 11) is -3.91. The predicted molar refractivity (Wildman–Crippen MR) is 74.8 cm³/mol. The van der Waals surface area contributed by atoms with Gasteiger partial charge in [0.1, 0.15) is 9.74 Å². The molecule has 0 saturated heterocycles. The summed E-state index contributed by atoms with van der Waals surface area (Å²) < 4.78 is 25.5. The van der Waals surface area contributed by atoms with E-state index in [0.29, 0.717) is 11.4 Å². The van der Waals surface area contributed by atoms with Gasteiger partial charge in [0.05, 0.1) is 0 Å². The van der Waals surface area contributed by atoms with Gasteiger partial charge in [0.2, 0.25) is 0 Å². The molecule has 2 rings (SSSR count). The molecule has 104 valence electrons. The maximum Gasteiger partial charge on any atom is 0.195 e. The van der Waals surface area contributed by atoms with Crippen molar-refractivity contribution in [1.82, 2.24) is 0 Å². The summed E-state index contributed by atoms with van der Waals surface area (Å²) in [6.07, 6.45) is 9.16. The molecule has 0 aromatic rings. The van der Waals surface area contributed by atoms with E-state index in [1.165, 1.54) is 24.3 Å². The van der Waals surface area contributed by atoms with Crippen molar-refractivity contribution in [2.24, 2.45) is 22.9 Å². The van der Waals surface area contributed by atoms with E-state index in [-0.39, 0.29) is 12.8 Å². The van der Waals surface area contributed by atoms with Crippen molar-refractivity contribution in [3.05, 3.63) is 47.9 Å². The highest BCUT2D eigenvalue weighted by Gasteiger charge is 2.51. The van der Waals surface area contributed by atoms with E-state index in [0.717, 1.165) is 0 Å². The van der Waals surface area contributed by atoms with Crippen molar-refractivity contribution < 1.29 is 8.42 Å². The zero-order valence-corrected chi connectivity index (χ0v) is 11.2. The third kappa shape index (κ3) is 2.09. The van der Waals surface area contributed by atoms with Crippen LogP contribution >= 0.6 is 0 Å². The second-order valence-electron chi connectivity index (χ2n) is 4.97. The molecule has 2 atom stereocenters. The lowest BCUT2D eigenvalue weighted by Gasteiger charge is -2.37. The van der Waals surface area contributed by atoms with Crippen LogP contribution in [0, 0.1) is 0 Å². The molecule has 2 unspecified atom stereocenters. The molecule has 0 aromatic heterocycles. The molecule has 0 bridgehead atoms. The Kier molecular flexibility index (Phi) is 3.08. The molecule has 0 radical (unpaired) electrons. The minimum Gasteiger partial charge on any atom is -0.402 e. The third-order valence-corrected chi connectivity index (χ3v) is 5.90. The largest absolute Gasteiger partial charge is 0.402 e. The van der Waals surface area contributed by atoms with Crippen molar-refractivity contribution >= 4 is 9.84 Å². The Balaban J connectivity index is 2.44. The summed E-state index contributed by atoms with van der Waals surface area (Å²) in [5, 5.41) is 0. The average Bonchev–Trinajstić information content (AvgIpc) is 2.27. The maximum atomic E-state index is 12.8. The second kappa shape index (κ2) is 4.22. The minimum atomic E-state index is -3.91. The molecule has 0 amide bonds. The molecule has 0 spiro atoms. The molecule has 0 heterocycles. The first-order chi connectivity index (χ1) is 8.70. The van der Waals surface area contributed by atoms with Gasteiger partial charge in [0.15, 0.2) is 9.84 Å². The van der Waals surface area contributed by atoms with E-state index >= 15 is 0 Å². The van der Waals surface area contributed by atoms with Crippen molar-refractivity contribution in [3.63, 3.8) is 0 Å². The maximum absolute atomic E-state index is 12.8. The normalized spacial score (nSPS) is 34.8. The third-order valence-electron chi connectivity index (χ3n) is 3.34. The van der Waals surface area contributed by atoms with E-state index in [4.69, 9.17) is 22.9 Å². The molecule has 2 aliphatic rings. The van der Waals surface area contributed by atoms with Crippen molar-refractivity contribution in [2.45, 2.75) is 22.6 Å². The molecule has 7 heteroatoms. The zero-order valence-electron chi connectivity index (χ0n) is 10.4. The highest BCUT2D eigenvalue weighted by atomic mass is 32.2. The van der Waals surface area contributed by atoms with Crippen molar-refractivity contribution in [1.29, 1.82) is 0 Å². The van der Waals surface area contributed by atoms with Crippen LogP contribution in [0.2, 0.25) is 0 Å². The van der Waals surface area contributed by atoms with Gasteiger partial charge in [0.25, 0.3) is 0 Å². The standard InChI is InChI=1S/C12H18N4O2S/c13-9-3-1-5-11(15,7-9)19(17,18)12(16)6-2-4-10(14)8-12/h1-6H,7-8,13-16H2. The van der Waals surface area contributed by atoms with Crippen LogP contribution in [0.4, 0.5) is 0 Å². The Morgan fingerprint density at radius 1 is 0.895 bits per heavy atom. The van der Waals surface area contributed by atoms with E-state index in [9.17, 15) is 8.42 Å². The molecule has 0 saturated carbocycles. The quantitative estimate of drug-likeness (QED) is 0.529. The second-order valence-corrected chi connectivity index (χ2v) is 7.50. The predicted octanol–water partition coefficient (Wildman–Crippen LogP) is -0.684. The molecular formula is C12H18N4O2S. The summed E-state index contributed by atoms with van der Waals surface area (Å²) >= 11 is 0. The van der Waals surface area contributed by atoms with Gasteiger partial charge in [0, 0.05) is 24.2 Å². The summed E-state index contributed by atoms with van der Waals surface area (Å²) in [5.74, 6) is 0. The fraction of sp³-hybridized carbons (Fsp3) is 0.333. The monoisotopic (exact) mass is 282 g/mol. The highest BCUT2D eigenvalue weighted by molar-refractivity contribution is 7.94. The summed E-state index contributed by atoms with van der Waals surface area (Å²) in [5.41, 5.74) is 24.2. The van der Waals surface area contributed by atoms with Crippen LogP contribution in [0.1, 0.15) is 12.8 Å². The molecule has 6 nitrogen and oxygen atoms in total. The Morgan fingerprint density at radius 2 is 1.26 bits per heavy atom. The number of hydrogen-bond acceptors (Lipinski definition) is 6. The number of rotatable bonds is 2. The van der Waals surface area contributed by atoms with Gasteiger partial charge < -0.3 is 22.9 Å². The first kappa shape index (κ1) is 13.9. The SMILES string of the molecule is NC1=CC=CC(N)(S(=O)(=O)C2(N)C=CC=C(N)C2)C1. The van der Waals surface area contributed by atoms with Gasteiger partial charge >= 0.3 is 0 Å². The fourth-order valence-electron chi connectivity index (χ4n) is 2.27. The van der Waals surface area contributed by atoms with Gasteiger partial charge in [-0.05, 0) is 24.3 Å². The van der Waals surface area contributed by atoms with Crippen molar-refractivity contribution in [3.8, 4) is 0 Å². The van der Waals surface area contributed by atoms with Crippen LogP contribution in [-0.4, -0.2) is 18.2 Å². The number of sulfone groups is 1. The molecule has 8 N–H and O–H groups in total. The average molecular weight is 282 g/mol. The first-order valence-corrected chi connectivity index (χ1v) is 7.28. The number of hydrogen-bond donors (Lipinski definition) is 4. The van der Waals surface area contributed by atoms with Gasteiger partial charge in [-0.25, -0.2) is 8.42 Å². The molecule has 0 aromatic carbocycles. The van der Waals surface area contributed by atoms with Gasteiger partial charge in [-0.2, -0.15) is 0 Å². The topological polar surface area (TPSA) is 138 Å². The van der Waals surface area contributed by atoms with E-state index in [2.05, 4.69) is 0 Å². The number of nitrogens with two attached hydrogens (primary N) is 4. The summed E-state index contributed by atoms with van der Waals surface area (Å²) in [6.45, 7) is 0. The molecule has 0 fully saturated rings. The molecular weight excluding hydrogens is 264 g/mol. The molecule has 2 aliphatic carbocycles.